The zero-order chi connectivity index (χ0) is 22.9. The van der Waals surface area contributed by atoms with Gasteiger partial charge in [0.2, 0.25) is 5.91 Å². The predicted octanol–water partition coefficient (Wildman–Crippen LogP) is 6.18. The number of hydrogen-bond donors (Lipinski definition) is 2. The van der Waals surface area contributed by atoms with E-state index in [0.29, 0.717) is 23.1 Å². The molecule has 33 heavy (non-hydrogen) atoms. The molecule has 0 bridgehead atoms. The van der Waals surface area contributed by atoms with Gasteiger partial charge in [0.05, 0.1) is 16.4 Å². The van der Waals surface area contributed by atoms with E-state index >= 15 is 0 Å². The minimum atomic E-state index is 0.0378. The van der Waals surface area contributed by atoms with Gasteiger partial charge in [0.25, 0.3) is 0 Å². The molecule has 5 rings (SSSR count). The highest BCUT2D eigenvalue weighted by molar-refractivity contribution is 9.10. The van der Waals surface area contributed by atoms with Gasteiger partial charge in [-0.25, -0.2) is 4.98 Å². The highest BCUT2D eigenvalue weighted by Crippen LogP contribution is 2.40. The second-order valence-corrected chi connectivity index (χ2v) is 9.28. The molecule has 4 aromatic rings. The van der Waals surface area contributed by atoms with E-state index < -0.39 is 0 Å². The number of carbonyl (C=O) groups is 1. The molecule has 2 heterocycles. The van der Waals surface area contributed by atoms with Crippen LogP contribution in [0.25, 0.3) is 16.9 Å². The summed E-state index contributed by atoms with van der Waals surface area (Å²) in [5.74, 6) is 1.16. The van der Waals surface area contributed by atoms with Crippen LogP contribution >= 0.6 is 27.5 Å². The zero-order valence-electron chi connectivity index (χ0n) is 17.6. The molecule has 0 radical (unpaired) electrons. The van der Waals surface area contributed by atoms with Gasteiger partial charge in [-0.05, 0) is 52.0 Å². The van der Waals surface area contributed by atoms with Gasteiger partial charge in [0, 0.05) is 34.8 Å². The van der Waals surface area contributed by atoms with Crippen molar-refractivity contribution >= 4 is 50.6 Å². The summed E-state index contributed by atoms with van der Waals surface area (Å²) in [6, 6.07) is 17.4. The van der Waals surface area contributed by atoms with Crippen LogP contribution in [0.5, 0.6) is 0 Å². The Morgan fingerprint density at radius 1 is 1.24 bits per heavy atom. The molecule has 8 heteroatoms. The van der Waals surface area contributed by atoms with E-state index in [0.717, 1.165) is 39.2 Å². The third-order valence-electron chi connectivity index (χ3n) is 5.73. The molecule has 0 spiro atoms. The van der Waals surface area contributed by atoms with Crippen molar-refractivity contribution in [2.45, 2.75) is 13.0 Å². The second-order valence-electron chi connectivity index (χ2n) is 8.02. The molecule has 1 unspecified atom stereocenters. The van der Waals surface area contributed by atoms with E-state index in [9.17, 15) is 4.79 Å². The Balaban J connectivity index is 1.38. The lowest BCUT2D eigenvalue weighted by atomic mass is 10.1. The molecule has 0 aliphatic heterocycles. The van der Waals surface area contributed by atoms with E-state index in [1.54, 1.807) is 10.7 Å². The van der Waals surface area contributed by atoms with E-state index in [2.05, 4.69) is 38.2 Å². The van der Waals surface area contributed by atoms with Crippen molar-refractivity contribution < 1.29 is 4.79 Å². The van der Waals surface area contributed by atoms with Gasteiger partial charge in [-0.2, -0.15) is 9.61 Å². The average Bonchev–Trinajstić information content (AvgIpc) is 3.53. The summed E-state index contributed by atoms with van der Waals surface area (Å²) < 4.78 is 2.54. The number of nitrogens with zero attached hydrogens (tertiary/aromatic N) is 3. The fourth-order valence-electron chi connectivity index (χ4n) is 3.83. The molecule has 0 saturated heterocycles. The lowest BCUT2D eigenvalue weighted by Gasteiger charge is -2.12. The van der Waals surface area contributed by atoms with Crippen LogP contribution in [-0.4, -0.2) is 20.5 Å². The number of halogens is 2. The van der Waals surface area contributed by atoms with Gasteiger partial charge in [0.1, 0.15) is 5.82 Å². The van der Waals surface area contributed by atoms with E-state index in [1.807, 2.05) is 60.7 Å². The quantitative estimate of drug-likeness (QED) is 0.284. The Kier molecular flexibility index (Phi) is 5.91. The maximum Gasteiger partial charge on any atom is 0.228 e. The molecular weight excluding hydrogens is 502 g/mol. The van der Waals surface area contributed by atoms with Crippen molar-refractivity contribution in [1.29, 1.82) is 0 Å². The smallest absolute Gasteiger partial charge is 0.228 e. The zero-order valence-corrected chi connectivity index (χ0v) is 20.0. The SMILES string of the molecule is C=CC1C[C@H]1C(=O)Nc1cccc(CNc2cc(-c3ccccc3Cl)nc3c(Br)cnn23)c1. The molecule has 1 amide bonds. The summed E-state index contributed by atoms with van der Waals surface area (Å²) in [5, 5.41) is 11.5. The Bertz CT molecular complexity index is 1370. The minimum absolute atomic E-state index is 0.0378. The van der Waals surface area contributed by atoms with Crippen LogP contribution < -0.4 is 10.6 Å². The summed E-state index contributed by atoms with van der Waals surface area (Å²) >= 11 is 9.95. The largest absolute Gasteiger partial charge is 0.366 e. The van der Waals surface area contributed by atoms with Crippen molar-refractivity contribution in [3.05, 3.63) is 88.5 Å². The highest BCUT2D eigenvalue weighted by atomic mass is 79.9. The normalized spacial score (nSPS) is 17.0. The van der Waals surface area contributed by atoms with Gasteiger partial charge in [-0.3, -0.25) is 4.79 Å². The van der Waals surface area contributed by atoms with Gasteiger partial charge in [-0.15, -0.1) is 6.58 Å². The third-order valence-corrected chi connectivity index (χ3v) is 6.62. The first-order valence-electron chi connectivity index (χ1n) is 10.6. The molecule has 6 nitrogen and oxygen atoms in total. The van der Waals surface area contributed by atoms with Gasteiger partial charge < -0.3 is 10.6 Å². The number of carbonyl (C=O) groups excluding carboxylic acids is 1. The van der Waals surface area contributed by atoms with Crippen molar-refractivity contribution in [2.24, 2.45) is 11.8 Å². The number of fused-ring (bicyclic) bond motifs is 1. The molecule has 2 atom stereocenters. The average molecular weight is 523 g/mol. The number of rotatable bonds is 7. The molecule has 1 fully saturated rings. The Hall–Kier alpha value is -3.16. The van der Waals surface area contributed by atoms with Crippen LogP contribution in [0.2, 0.25) is 5.02 Å². The fraction of sp³-hybridized carbons (Fsp3) is 0.160. The molecule has 1 saturated carbocycles. The number of benzene rings is 2. The first-order valence-corrected chi connectivity index (χ1v) is 11.8. The summed E-state index contributed by atoms with van der Waals surface area (Å²) in [4.78, 5) is 17.1. The second kappa shape index (κ2) is 9.00. The molecule has 166 valence electrons. The van der Waals surface area contributed by atoms with Gasteiger partial charge >= 0.3 is 0 Å². The number of hydrogen-bond acceptors (Lipinski definition) is 4. The summed E-state index contributed by atoms with van der Waals surface area (Å²) in [5.41, 5.74) is 4.10. The number of aromatic nitrogens is 3. The van der Waals surface area contributed by atoms with Crippen LogP contribution in [0.1, 0.15) is 12.0 Å². The summed E-state index contributed by atoms with van der Waals surface area (Å²) in [6.07, 6.45) is 4.45. The summed E-state index contributed by atoms with van der Waals surface area (Å²) in [6.45, 7) is 4.32. The van der Waals surface area contributed by atoms with Crippen molar-refractivity contribution in [1.82, 2.24) is 14.6 Å². The lowest BCUT2D eigenvalue weighted by molar-refractivity contribution is -0.117. The summed E-state index contributed by atoms with van der Waals surface area (Å²) in [7, 11) is 0. The standard InChI is InChI=1S/C25H21BrClN5O/c1-2-16-11-19(16)25(33)30-17-7-5-6-15(10-17)13-28-23-12-22(18-8-3-4-9-21(18)27)31-24-20(26)14-29-32(23)24/h2-10,12,14,16,19,28H,1,11,13H2,(H,30,33)/t16?,19-/m1/s1. The molecular formula is C25H21BrClN5O. The van der Waals surface area contributed by atoms with Crippen LogP contribution in [0.15, 0.2) is 77.9 Å². The predicted molar refractivity (Wildman–Crippen MR) is 135 cm³/mol. The first-order chi connectivity index (χ1) is 16.0. The number of amides is 1. The van der Waals surface area contributed by atoms with Crippen molar-refractivity contribution in [2.75, 3.05) is 10.6 Å². The number of nitrogens with one attached hydrogen (secondary N) is 2. The number of allylic oxidation sites excluding steroid dienone is 1. The van der Waals surface area contributed by atoms with Crippen molar-refractivity contribution in [3.63, 3.8) is 0 Å². The Labute approximate surface area is 204 Å². The van der Waals surface area contributed by atoms with Crippen LogP contribution in [0.4, 0.5) is 11.5 Å². The van der Waals surface area contributed by atoms with E-state index in [4.69, 9.17) is 16.6 Å². The molecule has 1 aliphatic rings. The topological polar surface area (TPSA) is 71.3 Å². The fourth-order valence-corrected chi connectivity index (χ4v) is 4.41. The number of anilines is 2. The molecule has 2 aromatic carbocycles. The van der Waals surface area contributed by atoms with E-state index in [-0.39, 0.29) is 11.8 Å². The molecule has 2 N–H and O–H groups in total. The Morgan fingerprint density at radius 2 is 2.09 bits per heavy atom. The molecule has 1 aliphatic carbocycles. The van der Waals surface area contributed by atoms with Crippen molar-refractivity contribution in [3.8, 4) is 11.3 Å². The van der Waals surface area contributed by atoms with Crippen LogP contribution in [-0.2, 0) is 11.3 Å². The highest BCUT2D eigenvalue weighted by Gasteiger charge is 2.40. The monoisotopic (exact) mass is 521 g/mol. The van der Waals surface area contributed by atoms with E-state index in [1.165, 1.54) is 0 Å². The molecule has 2 aromatic heterocycles. The van der Waals surface area contributed by atoms with Gasteiger partial charge in [-0.1, -0.05) is 48.0 Å². The first kappa shape index (κ1) is 21.7. The third kappa shape index (κ3) is 4.51. The minimum Gasteiger partial charge on any atom is -0.366 e. The van der Waals surface area contributed by atoms with Gasteiger partial charge in [0.15, 0.2) is 5.65 Å². The lowest BCUT2D eigenvalue weighted by Crippen LogP contribution is -2.14. The maximum atomic E-state index is 12.4. The van der Waals surface area contributed by atoms with Crippen LogP contribution in [0, 0.1) is 11.8 Å². The Morgan fingerprint density at radius 3 is 2.88 bits per heavy atom. The maximum absolute atomic E-state index is 12.4. The van der Waals surface area contributed by atoms with Crippen LogP contribution in [0.3, 0.4) is 0 Å².